The van der Waals surface area contributed by atoms with Crippen molar-refractivity contribution in [3.63, 3.8) is 0 Å². The van der Waals surface area contributed by atoms with E-state index in [1.54, 1.807) is 4.90 Å². The number of guanidine groups is 1. The molecule has 0 unspecified atom stereocenters. The molecule has 27 heavy (non-hydrogen) atoms. The number of aliphatic imine (C=N–C) groups is 1. The summed E-state index contributed by atoms with van der Waals surface area (Å²) in [6.07, 6.45) is 3.51. The number of hydrogen-bond acceptors (Lipinski definition) is 4. The fourth-order valence-corrected chi connectivity index (χ4v) is 3.25. The van der Waals surface area contributed by atoms with Crippen LogP contribution in [0, 0.1) is 0 Å². The van der Waals surface area contributed by atoms with Crippen LogP contribution in [0.25, 0.3) is 0 Å². The zero-order valence-electron chi connectivity index (χ0n) is 15.6. The van der Waals surface area contributed by atoms with Crippen LogP contribution in [0.5, 0.6) is 0 Å². The normalized spacial score (nSPS) is 17.4. The second-order valence-electron chi connectivity index (χ2n) is 6.79. The third-order valence-electron chi connectivity index (χ3n) is 4.63. The van der Waals surface area contributed by atoms with E-state index in [1.165, 1.54) is 0 Å². The molecule has 2 rings (SSSR count). The molecule has 0 bridgehead atoms. The van der Waals surface area contributed by atoms with Crippen molar-refractivity contribution in [2.75, 3.05) is 19.6 Å². The fourth-order valence-electron chi connectivity index (χ4n) is 3.25. The maximum absolute atomic E-state index is 12.7. The first kappa shape index (κ1) is 20.7. The van der Waals surface area contributed by atoms with Crippen molar-refractivity contribution in [2.45, 2.75) is 44.2 Å². The SMILES string of the molecule is NC(N)=NCCCCNC(=O)[C@@H]1CCCN1C(=O)[C@H](N)Cc1ccccc1. The molecule has 8 heteroatoms. The molecule has 0 aliphatic carbocycles. The lowest BCUT2D eigenvalue weighted by atomic mass is 10.1. The maximum atomic E-state index is 12.7. The van der Waals surface area contributed by atoms with Crippen LogP contribution in [-0.4, -0.2) is 54.4 Å². The van der Waals surface area contributed by atoms with E-state index in [4.69, 9.17) is 17.2 Å². The number of rotatable bonds is 9. The van der Waals surface area contributed by atoms with E-state index in [0.717, 1.165) is 24.8 Å². The summed E-state index contributed by atoms with van der Waals surface area (Å²) >= 11 is 0. The summed E-state index contributed by atoms with van der Waals surface area (Å²) in [5.74, 6) is -0.204. The molecule has 1 heterocycles. The maximum Gasteiger partial charge on any atom is 0.242 e. The van der Waals surface area contributed by atoms with Gasteiger partial charge in [0.25, 0.3) is 0 Å². The first-order chi connectivity index (χ1) is 13.0. The molecule has 1 aromatic carbocycles. The Labute approximate surface area is 160 Å². The Morgan fingerprint density at radius 2 is 1.96 bits per heavy atom. The van der Waals surface area contributed by atoms with Crippen LogP contribution in [0.2, 0.25) is 0 Å². The third kappa shape index (κ3) is 6.56. The average Bonchev–Trinajstić information content (AvgIpc) is 3.14. The smallest absolute Gasteiger partial charge is 0.242 e. The molecule has 0 aromatic heterocycles. The van der Waals surface area contributed by atoms with Crippen LogP contribution >= 0.6 is 0 Å². The summed E-state index contributed by atoms with van der Waals surface area (Å²) in [5.41, 5.74) is 17.7. The Morgan fingerprint density at radius 1 is 1.22 bits per heavy atom. The van der Waals surface area contributed by atoms with Gasteiger partial charge in [0.15, 0.2) is 5.96 Å². The van der Waals surface area contributed by atoms with Crippen molar-refractivity contribution in [1.82, 2.24) is 10.2 Å². The lowest BCUT2D eigenvalue weighted by molar-refractivity contribution is -0.139. The van der Waals surface area contributed by atoms with E-state index in [-0.39, 0.29) is 17.8 Å². The van der Waals surface area contributed by atoms with Gasteiger partial charge in [-0.25, -0.2) is 0 Å². The molecule has 0 radical (unpaired) electrons. The van der Waals surface area contributed by atoms with E-state index >= 15 is 0 Å². The van der Waals surface area contributed by atoms with Gasteiger partial charge in [-0.2, -0.15) is 0 Å². The number of nitrogens with one attached hydrogen (secondary N) is 1. The molecular formula is C19H30N6O2. The van der Waals surface area contributed by atoms with Gasteiger partial charge >= 0.3 is 0 Å². The molecular weight excluding hydrogens is 344 g/mol. The van der Waals surface area contributed by atoms with Crippen LogP contribution in [0.1, 0.15) is 31.2 Å². The van der Waals surface area contributed by atoms with Gasteiger partial charge in [-0.3, -0.25) is 14.6 Å². The summed E-state index contributed by atoms with van der Waals surface area (Å²) in [4.78, 5) is 30.7. The summed E-state index contributed by atoms with van der Waals surface area (Å²) < 4.78 is 0. The summed E-state index contributed by atoms with van der Waals surface area (Å²) in [6, 6.07) is 8.59. The Morgan fingerprint density at radius 3 is 2.67 bits per heavy atom. The van der Waals surface area contributed by atoms with Crippen LogP contribution in [0.3, 0.4) is 0 Å². The Balaban J connectivity index is 1.79. The molecule has 0 saturated carbocycles. The van der Waals surface area contributed by atoms with Gasteiger partial charge in [0.2, 0.25) is 11.8 Å². The van der Waals surface area contributed by atoms with Crippen LogP contribution < -0.4 is 22.5 Å². The molecule has 1 aliphatic rings. The minimum atomic E-state index is -0.639. The first-order valence-corrected chi connectivity index (χ1v) is 9.42. The van der Waals surface area contributed by atoms with Gasteiger partial charge < -0.3 is 27.4 Å². The first-order valence-electron chi connectivity index (χ1n) is 9.42. The molecule has 1 aromatic rings. The monoisotopic (exact) mass is 374 g/mol. The van der Waals surface area contributed by atoms with E-state index < -0.39 is 12.1 Å². The van der Waals surface area contributed by atoms with Gasteiger partial charge in [-0.05, 0) is 37.7 Å². The second-order valence-corrected chi connectivity index (χ2v) is 6.79. The zero-order valence-corrected chi connectivity index (χ0v) is 15.6. The van der Waals surface area contributed by atoms with Crippen molar-refractivity contribution in [1.29, 1.82) is 0 Å². The fraction of sp³-hybridized carbons (Fsp3) is 0.526. The van der Waals surface area contributed by atoms with Crippen LogP contribution in [0.4, 0.5) is 0 Å². The zero-order chi connectivity index (χ0) is 19.6. The second kappa shape index (κ2) is 10.5. The molecule has 2 amide bonds. The van der Waals surface area contributed by atoms with Gasteiger partial charge in [-0.1, -0.05) is 30.3 Å². The average molecular weight is 374 g/mol. The lowest BCUT2D eigenvalue weighted by Crippen LogP contribution is -2.51. The number of unbranched alkanes of at least 4 members (excludes halogenated alkanes) is 1. The number of likely N-dealkylation sites (tertiary alicyclic amines) is 1. The highest BCUT2D eigenvalue weighted by molar-refractivity contribution is 5.90. The Hall–Kier alpha value is -2.61. The van der Waals surface area contributed by atoms with Gasteiger partial charge in [0.05, 0.1) is 6.04 Å². The van der Waals surface area contributed by atoms with Crippen LogP contribution in [0.15, 0.2) is 35.3 Å². The number of hydrogen-bond donors (Lipinski definition) is 4. The number of nitrogens with zero attached hydrogens (tertiary/aromatic N) is 2. The molecule has 2 atom stereocenters. The summed E-state index contributed by atoms with van der Waals surface area (Å²) in [6.45, 7) is 1.65. The molecule has 148 valence electrons. The predicted molar refractivity (Wildman–Crippen MR) is 106 cm³/mol. The van der Waals surface area contributed by atoms with E-state index in [1.807, 2.05) is 30.3 Å². The highest BCUT2D eigenvalue weighted by atomic mass is 16.2. The Bertz CT molecular complexity index is 645. The van der Waals surface area contributed by atoms with Crippen molar-refractivity contribution >= 4 is 17.8 Å². The van der Waals surface area contributed by atoms with E-state index in [9.17, 15) is 9.59 Å². The molecule has 1 aliphatic heterocycles. The van der Waals surface area contributed by atoms with Gasteiger partial charge in [0, 0.05) is 19.6 Å². The topological polar surface area (TPSA) is 140 Å². The summed E-state index contributed by atoms with van der Waals surface area (Å²) in [7, 11) is 0. The van der Waals surface area contributed by atoms with Crippen molar-refractivity contribution < 1.29 is 9.59 Å². The minimum absolute atomic E-state index is 0.0750. The predicted octanol–water partition coefficient (Wildman–Crippen LogP) is -0.283. The number of carbonyl (C=O) groups excluding carboxylic acids is 2. The van der Waals surface area contributed by atoms with Gasteiger partial charge in [-0.15, -0.1) is 0 Å². The highest BCUT2D eigenvalue weighted by Crippen LogP contribution is 2.19. The minimum Gasteiger partial charge on any atom is -0.370 e. The third-order valence-corrected chi connectivity index (χ3v) is 4.63. The van der Waals surface area contributed by atoms with E-state index in [2.05, 4.69) is 10.3 Å². The molecule has 8 nitrogen and oxygen atoms in total. The number of benzene rings is 1. The van der Waals surface area contributed by atoms with Crippen molar-refractivity contribution in [3.05, 3.63) is 35.9 Å². The quantitative estimate of drug-likeness (QED) is 0.267. The molecule has 1 saturated heterocycles. The highest BCUT2D eigenvalue weighted by Gasteiger charge is 2.35. The standard InChI is InChI=1S/C19H30N6O2/c20-15(13-14-7-2-1-3-8-14)18(27)25-12-6-9-16(25)17(26)23-10-4-5-11-24-19(21)22/h1-3,7-8,15-16H,4-6,9-13,20H2,(H,23,26)(H4,21,22,24)/t15-,16+/m1/s1. The number of amides is 2. The van der Waals surface area contributed by atoms with Crippen molar-refractivity contribution in [2.24, 2.45) is 22.2 Å². The number of nitrogens with two attached hydrogens (primary N) is 3. The molecule has 1 fully saturated rings. The van der Waals surface area contributed by atoms with E-state index in [0.29, 0.717) is 32.5 Å². The number of carbonyl (C=O) groups is 2. The molecule has 7 N–H and O–H groups in total. The Kier molecular flexibility index (Phi) is 8.06. The molecule has 0 spiro atoms. The van der Waals surface area contributed by atoms with Crippen molar-refractivity contribution in [3.8, 4) is 0 Å². The van der Waals surface area contributed by atoms with Crippen LogP contribution in [-0.2, 0) is 16.0 Å². The lowest BCUT2D eigenvalue weighted by Gasteiger charge is -2.26. The summed E-state index contributed by atoms with van der Waals surface area (Å²) in [5, 5.41) is 2.90. The largest absolute Gasteiger partial charge is 0.370 e. The van der Waals surface area contributed by atoms with Gasteiger partial charge in [0.1, 0.15) is 6.04 Å².